The first-order valence-corrected chi connectivity index (χ1v) is 7.42. The van der Waals surface area contributed by atoms with Crippen molar-refractivity contribution in [3.8, 4) is 5.75 Å². The first kappa shape index (κ1) is 16.1. The van der Waals surface area contributed by atoms with Crippen LogP contribution in [0.1, 0.15) is 0 Å². The lowest BCUT2D eigenvalue weighted by atomic mass is 10.2. The van der Waals surface area contributed by atoms with E-state index in [0.717, 1.165) is 0 Å². The van der Waals surface area contributed by atoms with E-state index in [-0.39, 0.29) is 11.4 Å². The zero-order valence-corrected chi connectivity index (χ0v) is 12.6. The van der Waals surface area contributed by atoms with Gasteiger partial charge < -0.3 is 25.0 Å². The molecule has 7 nitrogen and oxygen atoms in total. The average molecular weight is 341 g/mol. The Kier molecular flexibility index (Phi) is 5.21. The normalized spacial score (nSPS) is 11.5. The van der Waals surface area contributed by atoms with Gasteiger partial charge >= 0.3 is 6.03 Å². The largest absolute Gasteiger partial charge is 0.755 e. The van der Waals surface area contributed by atoms with Crippen molar-refractivity contribution in [1.29, 1.82) is 0 Å². The molecule has 0 aromatic heterocycles. The van der Waals surface area contributed by atoms with E-state index in [9.17, 15) is 18.7 Å². The Hall–Kier alpha value is -2.29. The first-order valence-electron chi connectivity index (χ1n) is 5.97. The van der Waals surface area contributed by atoms with E-state index in [2.05, 4.69) is 10.6 Å². The van der Waals surface area contributed by atoms with Gasteiger partial charge in [0.1, 0.15) is 0 Å². The maximum Gasteiger partial charge on any atom is 0.323 e. The zero-order chi connectivity index (χ0) is 16.1. The highest BCUT2D eigenvalue weighted by Gasteiger charge is 2.10. The molecule has 0 radical (unpaired) electrons. The molecule has 2 rings (SSSR count). The Bertz CT molecular complexity index is 709. The van der Waals surface area contributed by atoms with Gasteiger partial charge in [0.2, 0.25) is 0 Å². The molecule has 0 bridgehead atoms. The molecular formula is C13H11ClN3O4S-. The number of para-hydroxylation sites is 1. The fourth-order valence-electron chi connectivity index (χ4n) is 1.63. The molecule has 1 unspecified atom stereocenters. The standard InChI is InChI=1S/C13H12ClN3O4S/c14-8-4-6-9(7-5-8)15-13(19)16-10-2-1-3-11(12(10)18)17-22(20)21/h1-7,17-18H,(H,20,21)(H2,15,16,19)/p-1. The van der Waals surface area contributed by atoms with Crippen LogP contribution in [0.5, 0.6) is 5.75 Å². The van der Waals surface area contributed by atoms with Crippen LogP contribution in [0.15, 0.2) is 42.5 Å². The molecule has 0 fully saturated rings. The van der Waals surface area contributed by atoms with Gasteiger partial charge in [-0.25, -0.2) is 4.79 Å². The third kappa shape index (κ3) is 4.35. The topological polar surface area (TPSA) is 114 Å². The van der Waals surface area contributed by atoms with Crippen molar-refractivity contribution in [1.82, 2.24) is 0 Å². The molecule has 0 aliphatic heterocycles. The van der Waals surface area contributed by atoms with Crippen LogP contribution in [0.25, 0.3) is 0 Å². The minimum absolute atomic E-state index is 0.0439. The van der Waals surface area contributed by atoms with E-state index in [4.69, 9.17) is 11.6 Å². The maximum atomic E-state index is 11.8. The smallest absolute Gasteiger partial charge is 0.323 e. The Morgan fingerprint density at radius 1 is 1.09 bits per heavy atom. The lowest BCUT2D eigenvalue weighted by Gasteiger charge is -2.14. The van der Waals surface area contributed by atoms with Gasteiger partial charge in [-0.2, -0.15) is 0 Å². The second-order valence-corrected chi connectivity index (χ2v) is 5.23. The molecular weight excluding hydrogens is 330 g/mol. The van der Waals surface area contributed by atoms with Gasteiger partial charge in [-0.3, -0.25) is 4.21 Å². The average Bonchev–Trinajstić information content (AvgIpc) is 2.45. The number of aromatic hydroxyl groups is 1. The van der Waals surface area contributed by atoms with Crippen LogP contribution in [-0.4, -0.2) is 19.9 Å². The fraction of sp³-hybridized carbons (Fsp3) is 0. The Balaban J connectivity index is 2.08. The van der Waals surface area contributed by atoms with Gasteiger partial charge in [-0.15, -0.1) is 0 Å². The summed E-state index contributed by atoms with van der Waals surface area (Å²) in [5.41, 5.74) is 0.524. The van der Waals surface area contributed by atoms with E-state index < -0.39 is 23.0 Å². The molecule has 116 valence electrons. The molecule has 0 saturated carbocycles. The van der Waals surface area contributed by atoms with Crippen LogP contribution in [0.3, 0.4) is 0 Å². The molecule has 2 amide bonds. The van der Waals surface area contributed by atoms with Crippen LogP contribution < -0.4 is 15.4 Å². The van der Waals surface area contributed by atoms with Gasteiger partial charge in [0.05, 0.1) is 11.4 Å². The summed E-state index contributed by atoms with van der Waals surface area (Å²) in [6.07, 6.45) is 0. The molecule has 0 aliphatic carbocycles. The number of hydrogen-bond acceptors (Lipinski definition) is 4. The summed E-state index contributed by atoms with van der Waals surface area (Å²) in [5.74, 6) is -0.391. The molecule has 4 N–H and O–H groups in total. The number of anilines is 3. The summed E-state index contributed by atoms with van der Waals surface area (Å²) in [4.78, 5) is 11.8. The summed E-state index contributed by atoms with van der Waals surface area (Å²) < 4.78 is 23.2. The number of phenolic OH excluding ortho intramolecular Hbond substituents is 1. The first-order chi connectivity index (χ1) is 10.5. The van der Waals surface area contributed by atoms with E-state index in [1.165, 1.54) is 18.2 Å². The van der Waals surface area contributed by atoms with Crippen molar-refractivity contribution >= 4 is 46.0 Å². The van der Waals surface area contributed by atoms with E-state index >= 15 is 0 Å². The van der Waals surface area contributed by atoms with Crippen LogP contribution >= 0.6 is 11.6 Å². The molecule has 22 heavy (non-hydrogen) atoms. The van der Waals surface area contributed by atoms with Crippen LogP contribution in [-0.2, 0) is 11.3 Å². The van der Waals surface area contributed by atoms with Crippen molar-refractivity contribution < 1.29 is 18.7 Å². The lowest BCUT2D eigenvalue weighted by molar-refractivity contribution is 0.262. The number of urea groups is 1. The maximum absolute atomic E-state index is 11.8. The number of hydrogen-bond donors (Lipinski definition) is 4. The van der Waals surface area contributed by atoms with Gasteiger partial charge in [-0.1, -0.05) is 17.7 Å². The third-order valence-electron chi connectivity index (χ3n) is 2.58. The monoisotopic (exact) mass is 340 g/mol. The van der Waals surface area contributed by atoms with Crippen molar-refractivity contribution in [2.24, 2.45) is 0 Å². The fourth-order valence-corrected chi connectivity index (χ4v) is 2.10. The third-order valence-corrected chi connectivity index (χ3v) is 3.22. The van der Waals surface area contributed by atoms with Gasteiger partial charge in [0.15, 0.2) is 5.75 Å². The predicted molar refractivity (Wildman–Crippen MR) is 84.7 cm³/mol. The number of amides is 2. The number of phenols is 1. The number of nitrogens with one attached hydrogen (secondary N) is 3. The Labute approximate surface area is 133 Å². The van der Waals surface area contributed by atoms with Gasteiger partial charge in [-0.05, 0) is 36.4 Å². The molecule has 2 aromatic rings. The minimum Gasteiger partial charge on any atom is -0.755 e. The number of carbonyl (C=O) groups is 1. The van der Waals surface area contributed by atoms with Gasteiger partial charge in [0, 0.05) is 22.0 Å². The number of halogens is 1. The molecule has 1 atom stereocenters. The van der Waals surface area contributed by atoms with E-state index in [0.29, 0.717) is 10.7 Å². The molecule has 9 heteroatoms. The van der Waals surface area contributed by atoms with E-state index in [1.54, 1.807) is 24.3 Å². The highest BCUT2D eigenvalue weighted by molar-refractivity contribution is 7.80. The lowest BCUT2D eigenvalue weighted by Crippen LogP contribution is -2.19. The van der Waals surface area contributed by atoms with Crippen molar-refractivity contribution in [2.75, 3.05) is 15.4 Å². The number of benzene rings is 2. The summed E-state index contributed by atoms with van der Waals surface area (Å²) in [6, 6.07) is 10.1. The van der Waals surface area contributed by atoms with E-state index in [1.807, 2.05) is 4.72 Å². The molecule has 2 aromatic carbocycles. The number of rotatable bonds is 4. The number of carbonyl (C=O) groups excluding carboxylic acids is 1. The summed E-state index contributed by atoms with van der Waals surface area (Å²) in [5, 5.41) is 15.4. The molecule has 0 saturated heterocycles. The highest BCUT2D eigenvalue weighted by atomic mass is 35.5. The Morgan fingerprint density at radius 2 is 1.73 bits per heavy atom. The van der Waals surface area contributed by atoms with Gasteiger partial charge in [0.25, 0.3) is 0 Å². The van der Waals surface area contributed by atoms with Crippen molar-refractivity contribution in [3.63, 3.8) is 0 Å². The van der Waals surface area contributed by atoms with Crippen LogP contribution in [0.4, 0.5) is 21.9 Å². The second-order valence-electron chi connectivity index (χ2n) is 4.12. The minimum atomic E-state index is -2.58. The van der Waals surface area contributed by atoms with Crippen molar-refractivity contribution in [2.45, 2.75) is 0 Å². The SMILES string of the molecule is O=C(Nc1ccc(Cl)cc1)Nc1cccc(NS(=O)[O-])c1O. The summed E-state index contributed by atoms with van der Waals surface area (Å²) in [6.45, 7) is 0. The molecule has 0 heterocycles. The summed E-state index contributed by atoms with van der Waals surface area (Å²) >= 11 is 3.16. The van der Waals surface area contributed by atoms with Crippen LogP contribution in [0, 0.1) is 0 Å². The summed E-state index contributed by atoms with van der Waals surface area (Å²) in [7, 11) is 0. The highest BCUT2D eigenvalue weighted by Crippen LogP contribution is 2.32. The quantitative estimate of drug-likeness (QED) is 0.506. The van der Waals surface area contributed by atoms with Crippen LogP contribution in [0.2, 0.25) is 5.02 Å². The molecule has 0 spiro atoms. The Morgan fingerprint density at radius 3 is 2.36 bits per heavy atom. The zero-order valence-electron chi connectivity index (χ0n) is 11.0. The predicted octanol–water partition coefficient (Wildman–Crippen LogP) is 2.90. The second kappa shape index (κ2) is 7.12. The molecule has 0 aliphatic rings. The van der Waals surface area contributed by atoms with Crippen molar-refractivity contribution in [3.05, 3.63) is 47.5 Å².